The van der Waals surface area contributed by atoms with Crippen LogP contribution in [0.3, 0.4) is 0 Å². The maximum absolute atomic E-state index is 12.1. The Morgan fingerprint density at radius 2 is 1.95 bits per heavy atom. The monoisotopic (exact) mass is 301 g/mol. The largest absolute Gasteiger partial charge is 0.465 e. The smallest absolute Gasteiger partial charge is 0.307 e. The van der Waals surface area contributed by atoms with Gasteiger partial charge in [0.2, 0.25) is 5.91 Å². The van der Waals surface area contributed by atoms with Gasteiger partial charge < -0.3 is 9.64 Å². The van der Waals surface area contributed by atoms with E-state index in [4.69, 9.17) is 4.74 Å². The van der Waals surface area contributed by atoms with Crippen molar-refractivity contribution < 1.29 is 14.3 Å². The number of likely N-dealkylation sites (tertiary alicyclic amines) is 1. The third kappa shape index (κ3) is 3.87. The first kappa shape index (κ1) is 15.1. The molecule has 0 aromatic heterocycles. The van der Waals surface area contributed by atoms with Gasteiger partial charge in [-0.05, 0) is 37.7 Å². The number of carbonyl (C=O) groups excluding carboxylic acids is 2. The summed E-state index contributed by atoms with van der Waals surface area (Å²) in [6.07, 6.45) is 3.96. The Balaban J connectivity index is 1.56. The lowest BCUT2D eigenvalue weighted by Gasteiger charge is -2.24. The van der Waals surface area contributed by atoms with Gasteiger partial charge in [-0.1, -0.05) is 29.8 Å². The van der Waals surface area contributed by atoms with Crippen molar-refractivity contribution in [3.63, 3.8) is 0 Å². The van der Waals surface area contributed by atoms with E-state index in [1.54, 1.807) is 0 Å². The summed E-state index contributed by atoms with van der Waals surface area (Å²) in [5.41, 5.74) is 2.31. The van der Waals surface area contributed by atoms with E-state index in [2.05, 4.69) is 12.1 Å². The van der Waals surface area contributed by atoms with Crippen molar-refractivity contribution in [1.82, 2.24) is 4.90 Å². The minimum atomic E-state index is -0.166. The molecule has 1 aliphatic carbocycles. The van der Waals surface area contributed by atoms with Gasteiger partial charge in [-0.3, -0.25) is 9.59 Å². The molecule has 0 radical (unpaired) electrons. The maximum Gasteiger partial charge on any atom is 0.307 e. The Labute approximate surface area is 131 Å². The van der Waals surface area contributed by atoms with Crippen LogP contribution in [0.15, 0.2) is 24.3 Å². The fourth-order valence-electron chi connectivity index (χ4n) is 2.86. The van der Waals surface area contributed by atoms with E-state index in [-0.39, 0.29) is 17.9 Å². The molecule has 0 spiro atoms. The fourth-order valence-corrected chi connectivity index (χ4v) is 2.86. The molecule has 22 heavy (non-hydrogen) atoms. The van der Waals surface area contributed by atoms with Gasteiger partial charge >= 0.3 is 5.97 Å². The second-order valence-corrected chi connectivity index (χ2v) is 6.53. The van der Waals surface area contributed by atoms with E-state index in [0.717, 1.165) is 12.0 Å². The van der Waals surface area contributed by atoms with Crippen LogP contribution in [-0.4, -0.2) is 29.4 Å². The van der Waals surface area contributed by atoms with Gasteiger partial charge in [-0.25, -0.2) is 0 Å². The van der Waals surface area contributed by atoms with Crippen molar-refractivity contribution >= 4 is 11.9 Å². The molecule has 1 saturated carbocycles. The molecule has 2 fully saturated rings. The number of aryl methyl sites for hydroxylation is 1. The van der Waals surface area contributed by atoms with Crippen LogP contribution in [0.2, 0.25) is 0 Å². The van der Waals surface area contributed by atoms with Crippen molar-refractivity contribution in [3.8, 4) is 0 Å². The number of hydrogen-bond donors (Lipinski definition) is 0. The lowest BCUT2D eigenvalue weighted by molar-refractivity contribution is -0.145. The van der Waals surface area contributed by atoms with Gasteiger partial charge in [0.05, 0.1) is 13.0 Å². The molecule has 1 aromatic carbocycles. The number of carbonyl (C=O) groups is 2. The molecular formula is C18H23NO3. The SMILES string of the molecule is Cc1ccc(CN2C(=O)CCC2CC(=O)OCC2CC2)cc1. The summed E-state index contributed by atoms with van der Waals surface area (Å²) < 4.78 is 5.30. The third-order valence-electron chi connectivity index (χ3n) is 4.51. The highest BCUT2D eigenvalue weighted by Crippen LogP contribution is 2.29. The van der Waals surface area contributed by atoms with E-state index in [1.165, 1.54) is 18.4 Å². The van der Waals surface area contributed by atoms with Gasteiger partial charge in [0, 0.05) is 19.0 Å². The van der Waals surface area contributed by atoms with Gasteiger partial charge in [0.15, 0.2) is 0 Å². The number of nitrogens with zero attached hydrogens (tertiary/aromatic N) is 1. The quantitative estimate of drug-likeness (QED) is 0.759. The first-order valence-corrected chi connectivity index (χ1v) is 8.12. The Morgan fingerprint density at radius 1 is 1.23 bits per heavy atom. The van der Waals surface area contributed by atoms with Gasteiger partial charge in [0.25, 0.3) is 0 Å². The highest BCUT2D eigenvalue weighted by molar-refractivity contribution is 5.80. The highest BCUT2D eigenvalue weighted by atomic mass is 16.5. The van der Waals surface area contributed by atoms with E-state index in [0.29, 0.717) is 31.9 Å². The molecule has 1 aliphatic heterocycles. The van der Waals surface area contributed by atoms with E-state index >= 15 is 0 Å². The number of esters is 1. The van der Waals surface area contributed by atoms with Crippen LogP contribution in [-0.2, 0) is 20.9 Å². The molecule has 1 aromatic rings. The first-order valence-electron chi connectivity index (χ1n) is 8.12. The van der Waals surface area contributed by atoms with Gasteiger partial charge in [0.1, 0.15) is 0 Å². The number of ether oxygens (including phenoxy) is 1. The van der Waals surface area contributed by atoms with Crippen LogP contribution >= 0.6 is 0 Å². The molecule has 1 amide bonds. The third-order valence-corrected chi connectivity index (χ3v) is 4.51. The van der Waals surface area contributed by atoms with Crippen LogP contribution < -0.4 is 0 Å². The maximum atomic E-state index is 12.1. The minimum absolute atomic E-state index is 0.0134. The molecule has 0 N–H and O–H groups in total. The number of amides is 1. The van der Waals surface area contributed by atoms with Crippen molar-refractivity contribution in [3.05, 3.63) is 35.4 Å². The normalized spacial score (nSPS) is 21.2. The molecule has 0 bridgehead atoms. The average Bonchev–Trinajstić information content (AvgIpc) is 3.27. The zero-order valence-corrected chi connectivity index (χ0v) is 13.1. The second kappa shape index (κ2) is 6.51. The van der Waals surface area contributed by atoms with Gasteiger partial charge in [-0.2, -0.15) is 0 Å². The van der Waals surface area contributed by atoms with Crippen LogP contribution in [0.5, 0.6) is 0 Å². The summed E-state index contributed by atoms with van der Waals surface area (Å²) in [5.74, 6) is 0.555. The predicted molar refractivity (Wildman–Crippen MR) is 83.1 cm³/mol. The molecule has 2 aliphatic rings. The van der Waals surface area contributed by atoms with Crippen LogP contribution in [0.4, 0.5) is 0 Å². The molecule has 118 valence electrons. The minimum Gasteiger partial charge on any atom is -0.465 e. The second-order valence-electron chi connectivity index (χ2n) is 6.53. The lowest BCUT2D eigenvalue weighted by Crippen LogP contribution is -2.34. The highest BCUT2D eigenvalue weighted by Gasteiger charge is 2.33. The van der Waals surface area contributed by atoms with Crippen LogP contribution in [0, 0.1) is 12.8 Å². The summed E-state index contributed by atoms with van der Waals surface area (Å²) in [5, 5.41) is 0. The summed E-state index contributed by atoms with van der Waals surface area (Å²) in [7, 11) is 0. The van der Waals surface area contributed by atoms with Gasteiger partial charge in [-0.15, -0.1) is 0 Å². The molecular weight excluding hydrogens is 278 g/mol. The van der Waals surface area contributed by atoms with Crippen molar-refractivity contribution in [2.24, 2.45) is 5.92 Å². The zero-order chi connectivity index (χ0) is 15.5. The first-order chi connectivity index (χ1) is 10.6. The Kier molecular flexibility index (Phi) is 4.46. The number of hydrogen-bond acceptors (Lipinski definition) is 3. The summed E-state index contributed by atoms with van der Waals surface area (Å²) in [6, 6.07) is 8.18. The molecule has 4 heteroatoms. The Hall–Kier alpha value is -1.84. The Bertz CT molecular complexity index is 548. The average molecular weight is 301 g/mol. The molecule has 1 unspecified atom stereocenters. The van der Waals surface area contributed by atoms with Crippen molar-refractivity contribution in [2.75, 3.05) is 6.61 Å². The Morgan fingerprint density at radius 3 is 2.64 bits per heavy atom. The molecule has 1 atom stereocenters. The number of rotatable bonds is 6. The predicted octanol–water partition coefficient (Wildman–Crippen LogP) is 2.83. The van der Waals surface area contributed by atoms with Crippen LogP contribution in [0.1, 0.15) is 43.2 Å². The molecule has 4 nitrogen and oxygen atoms in total. The lowest BCUT2D eigenvalue weighted by atomic mass is 10.1. The van der Waals surface area contributed by atoms with E-state index < -0.39 is 0 Å². The molecule has 3 rings (SSSR count). The van der Waals surface area contributed by atoms with Crippen molar-refractivity contribution in [2.45, 2.75) is 51.6 Å². The van der Waals surface area contributed by atoms with Crippen molar-refractivity contribution in [1.29, 1.82) is 0 Å². The van der Waals surface area contributed by atoms with E-state index in [1.807, 2.05) is 24.0 Å². The molecule has 1 saturated heterocycles. The summed E-state index contributed by atoms with van der Waals surface area (Å²) in [6.45, 7) is 3.18. The zero-order valence-electron chi connectivity index (χ0n) is 13.1. The summed E-state index contributed by atoms with van der Waals surface area (Å²) >= 11 is 0. The number of benzene rings is 1. The topological polar surface area (TPSA) is 46.6 Å². The van der Waals surface area contributed by atoms with E-state index in [9.17, 15) is 9.59 Å². The fraction of sp³-hybridized carbons (Fsp3) is 0.556. The molecule has 1 heterocycles. The summed E-state index contributed by atoms with van der Waals surface area (Å²) in [4.78, 5) is 25.8. The standard InChI is InChI=1S/C18H23NO3/c1-13-2-4-14(5-3-13)11-19-16(8-9-17(19)20)10-18(21)22-12-15-6-7-15/h2-5,15-16H,6-12H2,1H3. The van der Waals surface area contributed by atoms with Crippen LogP contribution in [0.25, 0.3) is 0 Å².